The summed E-state index contributed by atoms with van der Waals surface area (Å²) in [5.41, 5.74) is -0.789. The molecule has 6 N–H and O–H groups in total. The van der Waals surface area contributed by atoms with E-state index in [-0.39, 0.29) is 4.64 Å². The number of aromatic nitrogens is 2. The molecule has 1 aromatic heterocycles. The molecule has 2 rings (SSSR count). The van der Waals surface area contributed by atoms with Gasteiger partial charge in [-0.3, -0.25) is 18.6 Å². The number of phosphoric acid groups is 2. The molecule has 1 aliphatic heterocycles. The van der Waals surface area contributed by atoms with Crippen LogP contribution in [0.15, 0.2) is 17.1 Å². The monoisotopic (exact) mass is 420 g/mol. The van der Waals surface area contributed by atoms with E-state index in [1.165, 1.54) is 6.07 Å². The van der Waals surface area contributed by atoms with Crippen LogP contribution in [0, 0.1) is 4.64 Å². The van der Waals surface area contributed by atoms with Crippen molar-refractivity contribution in [1.82, 2.24) is 9.55 Å². The predicted octanol–water partition coefficient (Wildman–Crippen LogP) is -1.25. The number of ether oxygens (including phenoxy) is 1. The number of aromatic amines is 1. The zero-order valence-corrected chi connectivity index (χ0v) is 14.7. The van der Waals surface area contributed by atoms with Crippen molar-refractivity contribution in [3.63, 3.8) is 0 Å². The molecule has 0 unspecified atom stereocenters. The molecule has 1 fully saturated rings. The van der Waals surface area contributed by atoms with Crippen LogP contribution in [0.2, 0.25) is 0 Å². The summed E-state index contributed by atoms with van der Waals surface area (Å²) in [7, 11) is -10.0. The van der Waals surface area contributed by atoms with Gasteiger partial charge in [0.15, 0.2) is 6.23 Å². The van der Waals surface area contributed by atoms with Crippen LogP contribution in [0.4, 0.5) is 0 Å². The first-order valence-corrected chi connectivity index (χ1v) is 9.93. The van der Waals surface area contributed by atoms with Crippen molar-refractivity contribution >= 4 is 27.9 Å². The van der Waals surface area contributed by atoms with Gasteiger partial charge in [-0.25, -0.2) is 13.9 Å². The SMILES string of the molecule is O=c1[nH]c(=S)ccn1[C@@H]1O[C@H](COP(=O)(O)O)[C@@H](OP(=O)(O)O)[C@H]1O. The molecule has 0 aliphatic carbocycles. The Hall–Kier alpha value is -0.760. The topological polar surface area (TPSA) is 201 Å². The van der Waals surface area contributed by atoms with E-state index in [1.807, 2.05) is 0 Å². The molecule has 1 aliphatic rings. The fourth-order valence-electron chi connectivity index (χ4n) is 2.17. The number of nitrogens with one attached hydrogen (secondary N) is 1. The van der Waals surface area contributed by atoms with Gasteiger partial charge in [-0.1, -0.05) is 12.2 Å². The van der Waals surface area contributed by atoms with E-state index in [4.69, 9.17) is 36.5 Å². The van der Waals surface area contributed by atoms with Crippen LogP contribution in [0.1, 0.15) is 6.23 Å². The summed E-state index contributed by atoms with van der Waals surface area (Å²) in [5.74, 6) is 0. The maximum atomic E-state index is 11.9. The maximum absolute atomic E-state index is 11.9. The van der Waals surface area contributed by atoms with Crippen LogP contribution < -0.4 is 5.69 Å². The van der Waals surface area contributed by atoms with Crippen LogP contribution in [0.3, 0.4) is 0 Å². The van der Waals surface area contributed by atoms with Crippen LogP contribution in [-0.4, -0.2) is 59.2 Å². The standard InChI is InChI=1S/C9H14N2O11P2S/c12-6-7(22-24(17,18)19)4(3-20-23(14,15)16)21-8(6)11-2-1-5(25)10-9(11)13/h1-2,4,6-8,12H,3H2,(H,10,13,25)(H2,14,15,16)(H2,17,18,19)/t4-,6-,7-,8-/m1/s1. The lowest BCUT2D eigenvalue weighted by Gasteiger charge is -2.21. The van der Waals surface area contributed by atoms with E-state index in [2.05, 4.69) is 14.0 Å². The molecule has 4 atom stereocenters. The first-order valence-electron chi connectivity index (χ1n) is 6.46. The van der Waals surface area contributed by atoms with Crippen LogP contribution in [-0.2, 0) is 22.9 Å². The highest BCUT2D eigenvalue weighted by Crippen LogP contribution is 2.45. The van der Waals surface area contributed by atoms with Crippen molar-refractivity contribution in [1.29, 1.82) is 0 Å². The van der Waals surface area contributed by atoms with Crippen molar-refractivity contribution in [2.24, 2.45) is 0 Å². The largest absolute Gasteiger partial charge is 0.470 e. The maximum Gasteiger partial charge on any atom is 0.470 e. The molecule has 1 aromatic rings. The lowest BCUT2D eigenvalue weighted by Crippen LogP contribution is -2.37. The third-order valence-electron chi connectivity index (χ3n) is 3.10. The number of phosphoric ester groups is 2. The third-order valence-corrected chi connectivity index (χ3v) is 4.34. The summed E-state index contributed by atoms with van der Waals surface area (Å²) < 4.78 is 36.7. The van der Waals surface area contributed by atoms with Crippen LogP contribution in [0.25, 0.3) is 0 Å². The minimum Gasteiger partial charge on any atom is -0.386 e. The number of aliphatic hydroxyl groups excluding tert-OH is 1. The summed E-state index contributed by atoms with van der Waals surface area (Å²) in [6.07, 6.45) is -5.29. The van der Waals surface area contributed by atoms with Crippen molar-refractivity contribution in [3.05, 3.63) is 27.4 Å². The Morgan fingerprint density at radius 2 is 1.92 bits per heavy atom. The van der Waals surface area contributed by atoms with E-state index in [1.54, 1.807) is 0 Å². The van der Waals surface area contributed by atoms with Gasteiger partial charge >= 0.3 is 21.3 Å². The third kappa shape index (κ3) is 5.61. The number of hydrogen-bond acceptors (Lipinski definition) is 8. The van der Waals surface area contributed by atoms with E-state index >= 15 is 0 Å². The Bertz CT molecular complexity index is 827. The summed E-state index contributed by atoms with van der Waals surface area (Å²) in [4.78, 5) is 49.4. The Balaban J connectivity index is 2.31. The van der Waals surface area contributed by atoms with E-state index in [9.17, 15) is 19.0 Å². The first kappa shape index (κ1) is 20.6. The average Bonchev–Trinajstić information content (AvgIpc) is 2.72. The summed E-state index contributed by atoms with van der Waals surface area (Å²) >= 11 is 4.76. The van der Waals surface area contributed by atoms with E-state index in [0.717, 1.165) is 10.8 Å². The highest BCUT2D eigenvalue weighted by Gasteiger charge is 2.49. The Kier molecular flexibility index (Phi) is 6.14. The number of aliphatic hydroxyl groups is 1. The highest BCUT2D eigenvalue weighted by atomic mass is 32.1. The van der Waals surface area contributed by atoms with Gasteiger partial charge in [-0.05, 0) is 6.07 Å². The number of H-pyrrole nitrogens is 1. The molecule has 25 heavy (non-hydrogen) atoms. The second-order valence-electron chi connectivity index (χ2n) is 4.92. The lowest BCUT2D eigenvalue weighted by atomic mass is 10.1. The fraction of sp³-hybridized carbons (Fsp3) is 0.556. The average molecular weight is 420 g/mol. The smallest absolute Gasteiger partial charge is 0.386 e. The second kappa shape index (κ2) is 7.47. The number of hydrogen-bond donors (Lipinski definition) is 6. The van der Waals surface area contributed by atoms with Gasteiger partial charge in [0.05, 0.1) is 6.61 Å². The van der Waals surface area contributed by atoms with Crippen molar-refractivity contribution in [3.8, 4) is 0 Å². The van der Waals surface area contributed by atoms with E-state index in [0.29, 0.717) is 0 Å². The van der Waals surface area contributed by atoms with Crippen molar-refractivity contribution in [2.45, 2.75) is 24.5 Å². The zero-order valence-electron chi connectivity index (χ0n) is 12.1. The second-order valence-corrected chi connectivity index (χ2v) is 7.79. The fourth-order valence-corrected chi connectivity index (χ4v) is 3.24. The van der Waals surface area contributed by atoms with Gasteiger partial charge in [-0.2, -0.15) is 0 Å². The minimum absolute atomic E-state index is 0.0955. The molecule has 13 nitrogen and oxygen atoms in total. The lowest BCUT2D eigenvalue weighted by molar-refractivity contribution is -0.0541. The Morgan fingerprint density at radius 3 is 2.44 bits per heavy atom. The van der Waals surface area contributed by atoms with Crippen molar-refractivity contribution < 1.29 is 47.6 Å². The van der Waals surface area contributed by atoms with Crippen LogP contribution >= 0.6 is 27.9 Å². The normalized spacial score (nSPS) is 27.6. The van der Waals surface area contributed by atoms with Crippen molar-refractivity contribution in [2.75, 3.05) is 6.61 Å². The van der Waals surface area contributed by atoms with E-state index < -0.39 is 52.5 Å². The molecule has 1 saturated heterocycles. The molecular weight excluding hydrogens is 406 g/mol. The van der Waals surface area contributed by atoms with Gasteiger partial charge < -0.3 is 29.4 Å². The Morgan fingerprint density at radius 1 is 1.28 bits per heavy atom. The molecular formula is C9H14N2O11P2S. The molecule has 0 radical (unpaired) electrons. The summed E-state index contributed by atoms with van der Waals surface area (Å²) in [5, 5.41) is 10.2. The highest BCUT2D eigenvalue weighted by molar-refractivity contribution is 7.71. The molecule has 0 amide bonds. The van der Waals surface area contributed by atoms with Gasteiger partial charge in [0.1, 0.15) is 23.0 Å². The number of nitrogens with zero attached hydrogens (tertiary/aromatic N) is 1. The molecule has 0 bridgehead atoms. The Labute approximate surface area is 144 Å². The molecule has 142 valence electrons. The molecule has 16 heteroatoms. The molecule has 0 aromatic carbocycles. The van der Waals surface area contributed by atoms with Gasteiger partial charge in [0.2, 0.25) is 0 Å². The summed E-state index contributed by atoms with van der Waals surface area (Å²) in [6.45, 7) is -0.861. The van der Waals surface area contributed by atoms with Gasteiger partial charge in [0.25, 0.3) is 0 Å². The van der Waals surface area contributed by atoms with Crippen LogP contribution in [0.5, 0.6) is 0 Å². The van der Waals surface area contributed by atoms with Gasteiger partial charge in [-0.15, -0.1) is 0 Å². The molecule has 0 spiro atoms. The zero-order chi connectivity index (χ0) is 19.0. The molecule has 0 saturated carbocycles. The summed E-state index contributed by atoms with van der Waals surface area (Å²) in [6, 6.07) is 1.30. The number of rotatable bonds is 6. The minimum atomic E-state index is -5.09. The first-order chi connectivity index (χ1) is 11.4. The van der Waals surface area contributed by atoms with Gasteiger partial charge in [0, 0.05) is 6.20 Å². The predicted molar refractivity (Wildman–Crippen MR) is 80.7 cm³/mol. The molecule has 2 heterocycles. The quantitative estimate of drug-likeness (QED) is 0.236.